The number of aliphatic hydroxyl groups excluding tert-OH is 1. The molecule has 0 spiro atoms. The van der Waals surface area contributed by atoms with E-state index in [4.69, 9.17) is 21.1 Å². The second-order valence-corrected chi connectivity index (χ2v) is 10.2. The van der Waals surface area contributed by atoms with E-state index in [1.54, 1.807) is 49.4 Å². The van der Waals surface area contributed by atoms with Gasteiger partial charge in [0.2, 0.25) is 0 Å². The van der Waals surface area contributed by atoms with Gasteiger partial charge in [-0.3, -0.25) is 14.5 Å². The molecule has 0 bridgehead atoms. The van der Waals surface area contributed by atoms with Crippen molar-refractivity contribution in [1.82, 2.24) is 4.98 Å². The van der Waals surface area contributed by atoms with Gasteiger partial charge in [-0.1, -0.05) is 48.4 Å². The van der Waals surface area contributed by atoms with Crippen molar-refractivity contribution in [3.8, 4) is 5.75 Å². The Balaban J connectivity index is 1.84. The highest BCUT2D eigenvalue weighted by atomic mass is 35.5. The summed E-state index contributed by atoms with van der Waals surface area (Å²) in [6.07, 6.45) is 1.92. The summed E-state index contributed by atoms with van der Waals surface area (Å²) in [5.74, 6) is -1.97. The van der Waals surface area contributed by atoms with Gasteiger partial charge in [-0.05, 0) is 61.7 Å². The van der Waals surface area contributed by atoms with Gasteiger partial charge in [0.25, 0.3) is 5.78 Å². The van der Waals surface area contributed by atoms with Gasteiger partial charge >= 0.3 is 11.9 Å². The molecule has 1 amide bonds. The number of thiazole rings is 1. The Hall–Kier alpha value is -3.69. The van der Waals surface area contributed by atoms with Gasteiger partial charge in [-0.15, -0.1) is 0 Å². The van der Waals surface area contributed by atoms with Crippen LogP contribution in [0.25, 0.3) is 5.76 Å². The number of halogens is 1. The van der Waals surface area contributed by atoms with Gasteiger partial charge < -0.3 is 14.6 Å². The van der Waals surface area contributed by atoms with Gasteiger partial charge in [0.15, 0.2) is 5.13 Å². The minimum Gasteiger partial charge on any atom is -0.507 e. The van der Waals surface area contributed by atoms with E-state index in [2.05, 4.69) is 11.9 Å². The quantitative estimate of drug-likeness (QED) is 0.119. The second kappa shape index (κ2) is 11.4. The van der Waals surface area contributed by atoms with Gasteiger partial charge in [0.1, 0.15) is 16.4 Å². The number of hydrogen-bond donors (Lipinski definition) is 1. The first-order chi connectivity index (χ1) is 18.2. The maximum Gasteiger partial charge on any atom is 0.350 e. The summed E-state index contributed by atoms with van der Waals surface area (Å²) in [7, 11) is 1.25. The number of nitrogens with zero attached hydrogens (tertiary/aromatic N) is 2. The number of aliphatic hydroxyl groups is 1. The van der Waals surface area contributed by atoms with Crippen molar-refractivity contribution < 1.29 is 29.0 Å². The predicted octanol–water partition coefficient (Wildman–Crippen LogP) is 6.01. The molecule has 8 nitrogen and oxygen atoms in total. The van der Waals surface area contributed by atoms with Gasteiger partial charge in [0.05, 0.1) is 31.0 Å². The second-order valence-electron chi connectivity index (χ2n) is 8.81. The number of methoxy groups -OCH3 is 1. The van der Waals surface area contributed by atoms with E-state index < -0.39 is 23.7 Å². The summed E-state index contributed by atoms with van der Waals surface area (Å²) >= 11 is 7.03. The van der Waals surface area contributed by atoms with Gasteiger partial charge in [-0.25, -0.2) is 9.78 Å². The molecule has 0 aliphatic carbocycles. The van der Waals surface area contributed by atoms with E-state index in [0.717, 1.165) is 29.7 Å². The van der Waals surface area contributed by atoms with Crippen LogP contribution in [0.3, 0.4) is 0 Å². The monoisotopic (exact) mass is 554 g/mol. The average Bonchev–Trinajstić information content (AvgIpc) is 3.41. The first kappa shape index (κ1) is 27.3. The fraction of sp³-hybridized carbons (Fsp3) is 0.286. The number of esters is 1. The van der Waals surface area contributed by atoms with Crippen molar-refractivity contribution in [3.63, 3.8) is 0 Å². The van der Waals surface area contributed by atoms with E-state index in [1.807, 2.05) is 6.92 Å². The van der Waals surface area contributed by atoms with E-state index in [9.17, 15) is 19.5 Å². The molecule has 10 heteroatoms. The molecule has 1 aliphatic heterocycles. The van der Waals surface area contributed by atoms with Crippen LogP contribution in [0.4, 0.5) is 5.13 Å². The Morgan fingerprint density at radius 2 is 1.87 bits per heavy atom. The highest BCUT2D eigenvalue weighted by Gasteiger charge is 2.48. The largest absolute Gasteiger partial charge is 0.507 e. The van der Waals surface area contributed by atoms with Crippen LogP contribution in [0.2, 0.25) is 5.02 Å². The standard InChI is InChI=1S/C28H27ClN2O6S/c1-5-6-13-37-20-12-9-18(14-15(20)2)23(32)21-22(17-7-10-19(29)11-8-17)31(26(34)24(21)33)28-30-16(3)25(38-28)27(35)36-4/h7-12,14,22,32H,5-6,13H2,1-4H3/b23-21+/t22-/m0/s1. The third-order valence-electron chi connectivity index (χ3n) is 6.20. The van der Waals surface area contributed by atoms with Crippen LogP contribution in [-0.2, 0) is 14.3 Å². The fourth-order valence-corrected chi connectivity index (χ4v) is 5.34. The molecular weight excluding hydrogens is 528 g/mol. The molecule has 2 heterocycles. The third kappa shape index (κ3) is 5.16. The summed E-state index contributed by atoms with van der Waals surface area (Å²) in [5, 5.41) is 12.0. The SMILES string of the molecule is CCCCOc1ccc(/C(O)=C2\C(=O)C(=O)N(c3nc(C)c(C(=O)OC)s3)[C@H]2c2ccc(Cl)cc2)cc1C. The zero-order valence-electron chi connectivity index (χ0n) is 21.4. The molecule has 1 N–H and O–H groups in total. The van der Waals surface area contributed by atoms with Gasteiger partial charge in [0, 0.05) is 10.6 Å². The number of aromatic nitrogens is 1. The fourth-order valence-electron chi connectivity index (χ4n) is 4.20. The summed E-state index contributed by atoms with van der Waals surface area (Å²) in [6, 6.07) is 10.7. The highest BCUT2D eigenvalue weighted by Crippen LogP contribution is 2.44. The highest BCUT2D eigenvalue weighted by molar-refractivity contribution is 7.17. The van der Waals surface area contributed by atoms with Gasteiger partial charge in [-0.2, -0.15) is 0 Å². The molecular formula is C28H27ClN2O6S. The summed E-state index contributed by atoms with van der Waals surface area (Å²) in [6.45, 7) is 6.12. The Morgan fingerprint density at radius 1 is 1.16 bits per heavy atom. The lowest BCUT2D eigenvalue weighted by atomic mass is 9.95. The molecule has 1 saturated heterocycles. The first-order valence-corrected chi connectivity index (χ1v) is 13.2. The molecule has 4 rings (SSSR count). The molecule has 3 aromatic rings. The van der Waals surface area contributed by atoms with Crippen molar-refractivity contribution >= 4 is 51.5 Å². The van der Waals surface area contributed by atoms with Crippen molar-refractivity contribution in [3.05, 3.63) is 80.3 Å². The van der Waals surface area contributed by atoms with Crippen LogP contribution in [0.15, 0.2) is 48.0 Å². The maximum absolute atomic E-state index is 13.4. The topological polar surface area (TPSA) is 106 Å². The van der Waals surface area contributed by atoms with E-state index in [1.165, 1.54) is 12.0 Å². The summed E-state index contributed by atoms with van der Waals surface area (Å²) in [5.41, 5.74) is 1.96. The van der Waals surface area contributed by atoms with Crippen LogP contribution in [0, 0.1) is 13.8 Å². The zero-order chi connectivity index (χ0) is 27.6. The number of aryl methyl sites for hydroxylation is 2. The number of ketones is 1. The Kier molecular flexibility index (Phi) is 8.18. The number of ether oxygens (including phenoxy) is 2. The lowest BCUT2D eigenvalue weighted by Gasteiger charge is -2.23. The third-order valence-corrected chi connectivity index (χ3v) is 7.58. The zero-order valence-corrected chi connectivity index (χ0v) is 23.0. The number of hydrogen-bond acceptors (Lipinski definition) is 8. The van der Waals surface area contributed by atoms with Crippen LogP contribution < -0.4 is 9.64 Å². The van der Waals surface area contributed by atoms with Crippen molar-refractivity contribution in [2.75, 3.05) is 18.6 Å². The van der Waals surface area contributed by atoms with Crippen molar-refractivity contribution in [2.45, 2.75) is 39.7 Å². The smallest absolute Gasteiger partial charge is 0.350 e. The summed E-state index contributed by atoms with van der Waals surface area (Å²) in [4.78, 5) is 44.8. The number of carbonyl (C=O) groups is 3. The molecule has 0 unspecified atom stereocenters. The lowest BCUT2D eigenvalue weighted by molar-refractivity contribution is -0.132. The molecule has 0 saturated carbocycles. The molecule has 0 radical (unpaired) electrons. The molecule has 38 heavy (non-hydrogen) atoms. The number of amides is 1. The molecule has 1 aromatic heterocycles. The minimum absolute atomic E-state index is 0.0937. The van der Waals surface area contributed by atoms with Crippen LogP contribution >= 0.6 is 22.9 Å². The number of Topliss-reactive ketones (excluding diaryl/α,β-unsaturated/α-hetero) is 1. The predicted molar refractivity (Wildman–Crippen MR) is 146 cm³/mol. The van der Waals surface area contributed by atoms with E-state index >= 15 is 0 Å². The molecule has 1 aliphatic rings. The lowest BCUT2D eigenvalue weighted by Crippen LogP contribution is -2.29. The first-order valence-electron chi connectivity index (χ1n) is 12.0. The number of rotatable bonds is 8. The van der Waals surface area contributed by atoms with E-state index in [0.29, 0.717) is 34.2 Å². The molecule has 2 aromatic carbocycles. The Bertz CT molecular complexity index is 1430. The van der Waals surface area contributed by atoms with Crippen molar-refractivity contribution in [1.29, 1.82) is 0 Å². The Morgan fingerprint density at radius 3 is 2.50 bits per heavy atom. The Labute approximate surface area is 229 Å². The van der Waals surface area contributed by atoms with Crippen LogP contribution in [0.1, 0.15) is 57.9 Å². The number of unbranched alkanes of at least 4 members (excludes halogenated alkanes) is 1. The minimum atomic E-state index is -0.996. The molecule has 1 fully saturated rings. The average molecular weight is 555 g/mol. The van der Waals surface area contributed by atoms with E-state index in [-0.39, 0.29) is 21.3 Å². The normalized spacial score (nSPS) is 16.7. The molecule has 198 valence electrons. The van der Waals surface area contributed by atoms with Crippen molar-refractivity contribution in [2.24, 2.45) is 0 Å². The number of benzene rings is 2. The van der Waals surface area contributed by atoms with Crippen LogP contribution in [0.5, 0.6) is 5.75 Å². The molecule has 1 atom stereocenters. The maximum atomic E-state index is 13.4. The van der Waals surface area contributed by atoms with Crippen LogP contribution in [-0.4, -0.2) is 41.5 Å². The summed E-state index contributed by atoms with van der Waals surface area (Å²) < 4.78 is 10.6. The number of anilines is 1. The number of carbonyl (C=O) groups excluding carboxylic acids is 3.